The number of nitrogens with zero attached hydrogens (tertiary/aromatic N) is 1. The topological polar surface area (TPSA) is 54.7 Å². The summed E-state index contributed by atoms with van der Waals surface area (Å²) in [5, 5.41) is 7.19. The summed E-state index contributed by atoms with van der Waals surface area (Å²) in [4.78, 5) is 0. The predicted octanol–water partition coefficient (Wildman–Crippen LogP) is 3.25. The van der Waals surface area contributed by atoms with Gasteiger partial charge in [0.2, 0.25) is 0 Å². The molecule has 0 amide bonds. The maximum atomic E-state index is 5.98. The maximum Gasteiger partial charge on any atom is 0.153 e. The fraction of sp³-hybridized carbons (Fsp3) is 0.0625. The van der Waals surface area contributed by atoms with Crippen molar-refractivity contribution in [3.63, 3.8) is 0 Å². The van der Waals surface area contributed by atoms with Crippen molar-refractivity contribution in [1.29, 1.82) is 0 Å². The van der Waals surface area contributed by atoms with Crippen LogP contribution in [-0.4, -0.2) is 10.2 Å². The lowest BCUT2D eigenvalue weighted by molar-refractivity contribution is 1.00. The van der Waals surface area contributed by atoms with Crippen molar-refractivity contribution in [3.8, 4) is 11.1 Å². The van der Waals surface area contributed by atoms with Crippen molar-refractivity contribution in [2.45, 2.75) is 6.42 Å². The number of H-pyrrole nitrogens is 1. The van der Waals surface area contributed by atoms with E-state index < -0.39 is 0 Å². The van der Waals surface area contributed by atoms with Gasteiger partial charge in [0, 0.05) is 17.7 Å². The third-order valence-corrected chi connectivity index (χ3v) is 3.16. The van der Waals surface area contributed by atoms with Crippen molar-refractivity contribution in [2.24, 2.45) is 0 Å². The van der Waals surface area contributed by atoms with Crippen LogP contribution < -0.4 is 5.73 Å². The van der Waals surface area contributed by atoms with Crippen LogP contribution in [0.15, 0.2) is 60.7 Å². The first-order valence-corrected chi connectivity index (χ1v) is 6.26. The van der Waals surface area contributed by atoms with E-state index in [1.807, 2.05) is 36.4 Å². The number of nitrogen functional groups attached to an aromatic ring is 1. The second-order valence-corrected chi connectivity index (χ2v) is 4.49. The molecule has 3 N–H and O–H groups in total. The number of hydrogen-bond acceptors (Lipinski definition) is 2. The molecule has 2 aromatic carbocycles. The molecule has 3 heteroatoms. The van der Waals surface area contributed by atoms with Crippen LogP contribution in [0.5, 0.6) is 0 Å². The molecule has 94 valence electrons. The van der Waals surface area contributed by atoms with Crippen molar-refractivity contribution >= 4 is 5.82 Å². The quantitative estimate of drug-likeness (QED) is 0.748. The third-order valence-electron chi connectivity index (χ3n) is 3.16. The highest BCUT2D eigenvalue weighted by atomic mass is 15.2. The standard InChI is InChI=1S/C16H15N3/c17-16-15(13-9-5-2-6-10-13)14(18-19-16)11-12-7-3-1-4-8-12/h1-10H,11H2,(H3,17,18,19). The summed E-state index contributed by atoms with van der Waals surface area (Å²) in [6.45, 7) is 0. The van der Waals surface area contributed by atoms with Gasteiger partial charge in [-0.25, -0.2) is 0 Å². The summed E-state index contributed by atoms with van der Waals surface area (Å²) in [5.41, 5.74) is 10.4. The van der Waals surface area contributed by atoms with E-state index in [1.165, 1.54) is 5.56 Å². The highest BCUT2D eigenvalue weighted by Gasteiger charge is 2.12. The number of nitrogens with one attached hydrogen (secondary N) is 1. The number of aromatic amines is 1. The first-order chi connectivity index (χ1) is 9.34. The van der Waals surface area contributed by atoms with Gasteiger partial charge in [0.15, 0.2) is 5.82 Å². The zero-order valence-corrected chi connectivity index (χ0v) is 10.5. The molecule has 3 nitrogen and oxygen atoms in total. The van der Waals surface area contributed by atoms with E-state index in [0.717, 1.165) is 23.2 Å². The smallest absolute Gasteiger partial charge is 0.153 e. The minimum Gasteiger partial charge on any atom is -0.382 e. The molecule has 0 aliphatic heterocycles. The van der Waals surface area contributed by atoms with Gasteiger partial charge in [0.1, 0.15) is 0 Å². The zero-order chi connectivity index (χ0) is 13.1. The van der Waals surface area contributed by atoms with Gasteiger partial charge in [-0.05, 0) is 11.1 Å². The lowest BCUT2D eigenvalue weighted by atomic mass is 10.0. The largest absolute Gasteiger partial charge is 0.382 e. The number of rotatable bonds is 3. The molecule has 19 heavy (non-hydrogen) atoms. The summed E-state index contributed by atoms with van der Waals surface area (Å²) < 4.78 is 0. The van der Waals surface area contributed by atoms with Gasteiger partial charge in [-0.1, -0.05) is 60.7 Å². The molecule has 0 aliphatic carbocycles. The number of benzene rings is 2. The lowest BCUT2D eigenvalue weighted by Gasteiger charge is -2.04. The SMILES string of the molecule is Nc1n[nH]c(Cc2ccccc2)c1-c1ccccc1. The Hall–Kier alpha value is -2.55. The summed E-state index contributed by atoms with van der Waals surface area (Å²) in [6.07, 6.45) is 0.801. The highest BCUT2D eigenvalue weighted by molar-refractivity contribution is 5.76. The summed E-state index contributed by atoms with van der Waals surface area (Å²) >= 11 is 0. The number of anilines is 1. The van der Waals surface area contributed by atoms with E-state index in [4.69, 9.17) is 5.73 Å². The van der Waals surface area contributed by atoms with E-state index in [0.29, 0.717) is 5.82 Å². The molecule has 0 bridgehead atoms. The molecule has 0 aliphatic rings. The Kier molecular flexibility index (Phi) is 3.02. The minimum atomic E-state index is 0.553. The van der Waals surface area contributed by atoms with E-state index in [-0.39, 0.29) is 0 Å². The molecule has 0 radical (unpaired) electrons. The van der Waals surface area contributed by atoms with Gasteiger partial charge in [0.25, 0.3) is 0 Å². The molecular weight excluding hydrogens is 234 g/mol. The van der Waals surface area contributed by atoms with Crippen LogP contribution in [0.4, 0.5) is 5.82 Å². The molecule has 3 aromatic rings. The van der Waals surface area contributed by atoms with Crippen LogP contribution in [0.1, 0.15) is 11.3 Å². The molecule has 0 saturated heterocycles. The molecule has 0 unspecified atom stereocenters. The molecule has 1 heterocycles. The second-order valence-electron chi connectivity index (χ2n) is 4.49. The Morgan fingerprint density at radius 2 is 1.53 bits per heavy atom. The Labute approximate surface area is 112 Å². The van der Waals surface area contributed by atoms with Gasteiger partial charge in [0.05, 0.1) is 0 Å². The number of hydrogen-bond donors (Lipinski definition) is 2. The molecule has 0 spiro atoms. The molecule has 0 atom stereocenters. The normalized spacial score (nSPS) is 10.5. The van der Waals surface area contributed by atoms with Crippen molar-refractivity contribution < 1.29 is 0 Å². The second kappa shape index (κ2) is 4.98. The van der Waals surface area contributed by atoms with Gasteiger partial charge in [-0.2, -0.15) is 5.10 Å². The van der Waals surface area contributed by atoms with E-state index in [2.05, 4.69) is 34.5 Å². The van der Waals surface area contributed by atoms with Crippen LogP contribution >= 0.6 is 0 Å². The van der Waals surface area contributed by atoms with Crippen LogP contribution in [0.25, 0.3) is 11.1 Å². The monoisotopic (exact) mass is 249 g/mol. The average Bonchev–Trinajstić information content (AvgIpc) is 2.82. The van der Waals surface area contributed by atoms with E-state index in [9.17, 15) is 0 Å². The first-order valence-electron chi connectivity index (χ1n) is 6.26. The van der Waals surface area contributed by atoms with E-state index in [1.54, 1.807) is 0 Å². The molecule has 0 saturated carbocycles. The van der Waals surface area contributed by atoms with Gasteiger partial charge in [-0.3, -0.25) is 5.10 Å². The van der Waals surface area contributed by atoms with Gasteiger partial charge < -0.3 is 5.73 Å². The molecule has 1 aromatic heterocycles. The molecule has 0 fully saturated rings. The maximum absolute atomic E-state index is 5.98. The van der Waals surface area contributed by atoms with Crippen LogP contribution in [0.3, 0.4) is 0 Å². The zero-order valence-electron chi connectivity index (χ0n) is 10.5. The first kappa shape index (κ1) is 11.5. The van der Waals surface area contributed by atoms with Crippen LogP contribution in [0.2, 0.25) is 0 Å². The predicted molar refractivity (Wildman–Crippen MR) is 77.7 cm³/mol. The Morgan fingerprint density at radius 1 is 0.895 bits per heavy atom. The average molecular weight is 249 g/mol. The molecular formula is C16H15N3. The van der Waals surface area contributed by atoms with Crippen molar-refractivity contribution in [2.75, 3.05) is 5.73 Å². The Morgan fingerprint density at radius 3 is 2.21 bits per heavy atom. The highest BCUT2D eigenvalue weighted by Crippen LogP contribution is 2.28. The Bertz CT molecular complexity index is 657. The number of aromatic nitrogens is 2. The summed E-state index contributed by atoms with van der Waals surface area (Å²) in [5.74, 6) is 0.553. The lowest BCUT2D eigenvalue weighted by Crippen LogP contribution is -1.92. The Balaban J connectivity index is 2.00. The van der Waals surface area contributed by atoms with Crippen molar-refractivity contribution in [1.82, 2.24) is 10.2 Å². The minimum absolute atomic E-state index is 0.553. The molecule has 3 rings (SSSR count). The third kappa shape index (κ3) is 2.36. The van der Waals surface area contributed by atoms with Crippen molar-refractivity contribution in [3.05, 3.63) is 71.9 Å². The van der Waals surface area contributed by atoms with Crippen LogP contribution in [0, 0.1) is 0 Å². The van der Waals surface area contributed by atoms with Gasteiger partial charge in [-0.15, -0.1) is 0 Å². The van der Waals surface area contributed by atoms with Gasteiger partial charge >= 0.3 is 0 Å². The number of nitrogens with two attached hydrogens (primary N) is 1. The summed E-state index contributed by atoms with van der Waals surface area (Å²) in [6, 6.07) is 20.4. The fourth-order valence-corrected chi connectivity index (χ4v) is 2.25. The van der Waals surface area contributed by atoms with E-state index >= 15 is 0 Å². The summed E-state index contributed by atoms with van der Waals surface area (Å²) in [7, 11) is 0. The fourth-order valence-electron chi connectivity index (χ4n) is 2.25. The van der Waals surface area contributed by atoms with Crippen LogP contribution in [-0.2, 0) is 6.42 Å².